The van der Waals surface area contributed by atoms with Crippen LogP contribution in [0, 0.1) is 6.92 Å². The van der Waals surface area contributed by atoms with E-state index in [1.807, 2.05) is 61.5 Å². The molecule has 4 rings (SSSR count). The molecule has 2 aromatic carbocycles. The number of aliphatic hydroxyl groups excluding tert-OH is 1. The van der Waals surface area contributed by atoms with Gasteiger partial charge in [-0.15, -0.1) is 0 Å². The van der Waals surface area contributed by atoms with Gasteiger partial charge in [-0.25, -0.2) is 4.98 Å². The van der Waals surface area contributed by atoms with E-state index in [4.69, 9.17) is 11.6 Å². The Kier molecular flexibility index (Phi) is 5.65. The highest BCUT2D eigenvalue weighted by atomic mass is 35.5. The molecule has 1 saturated heterocycles. The summed E-state index contributed by atoms with van der Waals surface area (Å²) < 4.78 is 0. The quantitative estimate of drug-likeness (QED) is 0.620. The molecule has 1 unspecified atom stereocenters. The fourth-order valence-corrected chi connectivity index (χ4v) is 4.29. The van der Waals surface area contributed by atoms with Crippen LogP contribution in [0.5, 0.6) is 0 Å². The molecule has 1 aliphatic rings. The van der Waals surface area contributed by atoms with Gasteiger partial charge in [0.2, 0.25) is 0 Å². The molecular weight excluding hydrogens is 384 g/mol. The topological polar surface area (TPSA) is 53.4 Å². The number of rotatable bonds is 5. The molecule has 1 aliphatic heterocycles. The summed E-state index contributed by atoms with van der Waals surface area (Å²) in [5.41, 5.74) is 4.21. The van der Waals surface area contributed by atoms with Crippen molar-refractivity contribution in [3.63, 3.8) is 0 Å². The second kappa shape index (κ2) is 8.36. The highest BCUT2D eigenvalue weighted by molar-refractivity contribution is 6.32. The minimum absolute atomic E-state index is 0.0248. The van der Waals surface area contributed by atoms with Crippen molar-refractivity contribution in [3.05, 3.63) is 93.6 Å². The first-order chi connectivity index (χ1) is 14.1. The third-order valence-electron chi connectivity index (χ3n) is 5.52. The van der Waals surface area contributed by atoms with Gasteiger partial charge in [0.25, 0.3) is 0 Å². The van der Waals surface area contributed by atoms with E-state index >= 15 is 0 Å². The van der Waals surface area contributed by atoms with Crippen molar-refractivity contribution < 1.29 is 9.90 Å². The average Bonchev–Trinajstić information content (AvgIpc) is 3.23. The van der Waals surface area contributed by atoms with E-state index in [0.717, 1.165) is 42.0 Å². The molecule has 1 fully saturated rings. The van der Waals surface area contributed by atoms with Crippen LogP contribution >= 0.6 is 11.6 Å². The van der Waals surface area contributed by atoms with Crippen LogP contribution in [0.3, 0.4) is 0 Å². The van der Waals surface area contributed by atoms with E-state index in [-0.39, 0.29) is 18.3 Å². The molecule has 2 heterocycles. The van der Waals surface area contributed by atoms with Crippen molar-refractivity contribution in [2.45, 2.75) is 25.9 Å². The number of aryl methyl sites for hydroxylation is 1. The van der Waals surface area contributed by atoms with Gasteiger partial charge in [-0.3, -0.25) is 4.79 Å². The lowest BCUT2D eigenvalue weighted by atomic mass is 9.90. The lowest BCUT2D eigenvalue weighted by Gasteiger charge is -2.20. The summed E-state index contributed by atoms with van der Waals surface area (Å²) in [7, 11) is 0. The minimum atomic E-state index is -0.0921. The summed E-state index contributed by atoms with van der Waals surface area (Å²) in [5.74, 6) is 1.04. The van der Waals surface area contributed by atoms with Gasteiger partial charge in [0.05, 0.1) is 11.6 Å². The number of halogens is 1. The molecule has 0 saturated carbocycles. The number of ketones is 1. The van der Waals surface area contributed by atoms with E-state index in [1.54, 1.807) is 6.20 Å². The predicted octanol–water partition coefficient (Wildman–Crippen LogP) is 4.76. The van der Waals surface area contributed by atoms with Crippen molar-refractivity contribution in [3.8, 4) is 0 Å². The predicted molar refractivity (Wildman–Crippen MR) is 116 cm³/mol. The maximum absolute atomic E-state index is 12.9. The van der Waals surface area contributed by atoms with Crippen molar-refractivity contribution in [2.75, 3.05) is 18.0 Å². The second-order valence-corrected chi connectivity index (χ2v) is 7.92. The van der Waals surface area contributed by atoms with Crippen LogP contribution in [0.25, 0.3) is 0 Å². The van der Waals surface area contributed by atoms with Crippen LogP contribution in [0.2, 0.25) is 5.02 Å². The third kappa shape index (κ3) is 4.04. The Hall–Kier alpha value is -2.69. The molecule has 0 radical (unpaired) electrons. The van der Waals surface area contributed by atoms with Crippen LogP contribution in [-0.4, -0.2) is 29.0 Å². The Labute approximate surface area is 175 Å². The number of carbonyl (C=O) groups is 1. The lowest BCUT2D eigenvalue weighted by molar-refractivity contribution is 0.103. The summed E-state index contributed by atoms with van der Waals surface area (Å²) >= 11 is 6.30. The molecule has 4 nitrogen and oxygen atoms in total. The monoisotopic (exact) mass is 406 g/mol. The molecule has 0 amide bonds. The molecule has 148 valence electrons. The Morgan fingerprint density at radius 3 is 2.76 bits per heavy atom. The first kappa shape index (κ1) is 19.6. The van der Waals surface area contributed by atoms with Gasteiger partial charge in [0, 0.05) is 36.3 Å². The Bertz CT molecular complexity index is 1050. The molecule has 0 spiro atoms. The number of hydrogen-bond donors (Lipinski definition) is 1. The number of carbonyl (C=O) groups excluding carboxylic acids is 1. The van der Waals surface area contributed by atoms with E-state index in [2.05, 4.69) is 9.88 Å². The first-order valence-corrected chi connectivity index (χ1v) is 10.1. The van der Waals surface area contributed by atoms with Crippen LogP contribution in [0.1, 0.15) is 45.0 Å². The van der Waals surface area contributed by atoms with Crippen molar-refractivity contribution >= 4 is 23.2 Å². The zero-order valence-electron chi connectivity index (χ0n) is 16.3. The lowest BCUT2D eigenvalue weighted by Crippen LogP contribution is -2.21. The zero-order chi connectivity index (χ0) is 20.4. The molecular formula is C24H23ClN2O2. The fraction of sp³-hybridized carbons (Fsp3) is 0.250. The zero-order valence-corrected chi connectivity index (χ0v) is 17.1. The van der Waals surface area contributed by atoms with Crippen LogP contribution in [0.4, 0.5) is 5.82 Å². The van der Waals surface area contributed by atoms with Crippen LogP contribution in [0.15, 0.2) is 60.8 Å². The fourth-order valence-electron chi connectivity index (χ4n) is 4.05. The van der Waals surface area contributed by atoms with Crippen molar-refractivity contribution in [2.24, 2.45) is 0 Å². The number of nitrogens with zero attached hydrogens (tertiary/aromatic N) is 2. The van der Waals surface area contributed by atoms with Crippen molar-refractivity contribution in [1.29, 1.82) is 0 Å². The van der Waals surface area contributed by atoms with E-state index in [0.29, 0.717) is 16.1 Å². The van der Waals surface area contributed by atoms with Gasteiger partial charge in [-0.05, 0) is 48.7 Å². The standard InChI is InChI=1S/C24H23ClN2O2/c1-16-4-2-5-17(12-16)23(29)18-7-8-21(20(13-18)15-28)19-9-11-27(14-19)24-22(25)6-3-10-26-24/h2-8,10,12-13,19,28H,9,11,14-15H2,1H3. The molecule has 0 bridgehead atoms. The largest absolute Gasteiger partial charge is 0.392 e. The number of anilines is 1. The molecule has 5 heteroatoms. The van der Waals surface area contributed by atoms with Gasteiger partial charge in [-0.1, -0.05) is 47.5 Å². The molecule has 0 aliphatic carbocycles. The Morgan fingerprint density at radius 2 is 2.00 bits per heavy atom. The van der Waals surface area contributed by atoms with Gasteiger partial charge in [0.15, 0.2) is 5.78 Å². The first-order valence-electron chi connectivity index (χ1n) is 9.77. The highest BCUT2D eigenvalue weighted by Crippen LogP contribution is 2.34. The number of pyridine rings is 1. The summed E-state index contributed by atoms with van der Waals surface area (Å²) in [6.45, 7) is 3.52. The molecule has 1 atom stereocenters. The van der Waals surface area contributed by atoms with Gasteiger partial charge >= 0.3 is 0 Å². The summed E-state index contributed by atoms with van der Waals surface area (Å²) in [5, 5.41) is 10.6. The Morgan fingerprint density at radius 1 is 1.17 bits per heavy atom. The summed E-state index contributed by atoms with van der Waals surface area (Å²) in [6.07, 6.45) is 2.70. The Balaban J connectivity index is 1.58. The summed E-state index contributed by atoms with van der Waals surface area (Å²) in [4.78, 5) is 19.5. The molecule has 29 heavy (non-hydrogen) atoms. The SMILES string of the molecule is Cc1cccc(C(=O)c2ccc(C3CCN(c4ncccc4Cl)C3)c(CO)c2)c1. The maximum atomic E-state index is 12.9. The second-order valence-electron chi connectivity index (χ2n) is 7.51. The van der Waals surface area contributed by atoms with Gasteiger partial charge in [0.1, 0.15) is 5.82 Å². The van der Waals surface area contributed by atoms with Gasteiger partial charge < -0.3 is 10.0 Å². The number of benzene rings is 2. The van der Waals surface area contributed by atoms with Crippen LogP contribution in [-0.2, 0) is 6.61 Å². The smallest absolute Gasteiger partial charge is 0.193 e. The van der Waals surface area contributed by atoms with E-state index in [1.165, 1.54) is 0 Å². The highest BCUT2D eigenvalue weighted by Gasteiger charge is 2.28. The number of hydrogen-bond acceptors (Lipinski definition) is 4. The molecule has 3 aromatic rings. The molecule has 1 aromatic heterocycles. The van der Waals surface area contributed by atoms with Crippen molar-refractivity contribution in [1.82, 2.24) is 4.98 Å². The minimum Gasteiger partial charge on any atom is -0.392 e. The van der Waals surface area contributed by atoms with E-state index in [9.17, 15) is 9.90 Å². The average molecular weight is 407 g/mol. The molecule has 1 N–H and O–H groups in total. The normalized spacial score (nSPS) is 16.2. The maximum Gasteiger partial charge on any atom is 0.193 e. The number of aliphatic hydroxyl groups is 1. The van der Waals surface area contributed by atoms with E-state index < -0.39 is 0 Å². The van der Waals surface area contributed by atoms with Crippen LogP contribution < -0.4 is 4.90 Å². The van der Waals surface area contributed by atoms with Gasteiger partial charge in [-0.2, -0.15) is 0 Å². The summed E-state index contributed by atoms with van der Waals surface area (Å²) in [6, 6.07) is 16.9. The number of aromatic nitrogens is 1. The third-order valence-corrected chi connectivity index (χ3v) is 5.82.